The van der Waals surface area contributed by atoms with E-state index < -0.39 is 0 Å². The van der Waals surface area contributed by atoms with Crippen LogP contribution in [0.4, 0.5) is 0 Å². The van der Waals surface area contributed by atoms with Crippen LogP contribution in [0.3, 0.4) is 0 Å². The average molecular weight is 403 g/mol. The first-order chi connectivity index (χ1) is 13.7. The lowest BCUT2D eigenvalue weighted by molar-refractivity contribution is -0.159. The van der Waals surface area contributed by atoms with Crippen molar-refractivity contribution in [2.75, 3.05) is 7.11 Å². The highest BCUT2D eigenvalue weighted by Gasteiger charge is 2.63. The van der Waals surface area contributed by atoms with Crippen molar-refractivity contribution < 1.29 is 19.1 Å². The van der Waals surface area contributed by atoms with Crippen molar-refractivity contribution >= 4 is 17.5 Å². The monoisotopic (exact) mass is 402 g/mol. The summed E-state index contributed by atoms with van der Waals surface area (Å²) in [5.41, 5.74) is -0.0627. The van der Waals surface area contributed by atoms with Crippen LogP contribution in [0, 0.1) is 46.3 Å². The number of esters is 1. The number of Topliss-reactive ketones (excluding diaryl/α,β-unsaturated/α-hetero) is 2. The van der Waals surface area contributed by atoms with E-state index in [2.05, 4.69) is 20.8 Å². The molecule has 0 aliphatic heterocycles. The van der Waals surface area contributed by atoms with Crippen LogP contribution in [0.2, 0.25) is 0 Å². The second kappa shape index (κ2) is 7.50. The van der Waals surface area contributed by atoms with E-state index in [4.69, 9.17) is 4.74 Å². The summed E-state index contributed by atoms with van der Waals surface area (Å²) in [5, 5.41) is 0. The highest BCUT2D eigenvalue weighted by molar-refractivity contribution is 5.87. The molecule has 0 aromatic carbocycles. The Labute approximate surface area is 175 Å². The fourth-order valence-electron chi connectivity index (χ4n) is 8.34. The molecule has 0 bridgehead atoms. The molecule has 0 aromatic rings. The summed E-state index contributed by atoms with van der Waals surface area (Å²) >= 11 is 0. The summed E-state index contributed by atoms with van der Waals surface area (Å²) in [7, 11) is 1.44. The van der Waals surface area contributed by atoms with Gasteiger partial charge >= 0.3 is 5.97 Å². The van der Waals surface area contributed by atoms with Gasteiger partial charge in [0.1, 0.15) is 11.6 Å². The molecule has 0 aromatic heterocycles. The number of hydrogen-bond donors (Lipinski definition) is 0. The minimum atomic E-state index is -0.232. The van der Waals surface area contributed by atoms with E-state index in [1.165, 1.54) is 13.5 Å². The van der Waals surface area contributed by atoms with E-state index in [0.717, 1.165) is 38.5 Å². The van der Waals surface area contributed by atoms with Gasteiger partial charge in [-0.15, -0.1) is 0 Å². The van der Waals surface area contributed by atoms with Crippen LogP contribution < -0.4 is 0 Å². The summed E-state index contributed by atoms with van der Waals surface area (Å²) in [6, 6.07) is 0. The molecular formula is C25H38O4. The van der Waals surface area contributed by atoms with E-state index in [1.807, 2.05) is 0 Å². The largest absolute Gasteiger partial charge is 0.469 e. The molecule has 0 saturated heterocycles. The Hall–Kier alpha value is -1.19. The standard InChI is InChI=1S/C25H38O4/c1-15(5-10-23(28)29-4)19-8-9-20-18-7-6-16-13-17(26)11-12-24(16,2)21(18)14-22(27)25(19,20)3/h15-16,18-21H,5-14H2,1-4H3/t15-,16-,18-,19+,20-,21-,24-,25+/m0/s1. The number of rotatable bonds is 4. The highest BCUT2D eigenvalue weighted by Crippen LogP contribution is 2.67. The Kier molecular flexibility index (Phi) is 5.44. The number of carbonyl (C=O) groups excluding carboxylic acids is 3. The van der Waals surface area contributed by atoms with Crippen molar-refractivity contribution in [3.05, 3.63) is 0 Å². The maximum atomic E-state index is 13.7. The molecule has 162 valence electrons. The third-order valence-electron chi connectivity index (χ3n) is 10.1. The van der Waals surface area contributed by atoms with Crippen molar-refractivity contribution in [1.82, 2.24) is 0 Å². The van der Waals surface area contributed by atoms with Crippen LogP contribution >= 0.6 is 0 Å². The summed E-state index contributed by atoms with van der Waals surface area (Å²) in [6.07, 6.45) is 9.00. The van der Waals surface area contributed by atoms with Crippen LogP contribution in [-0.4, -0.2) is 24.6 Å². The van der Waals surface area contributed by atoms with Crippen molar-refractivity contribution in [2.45, 2.75) is 85.0 Å². The number of carbonyl (C=O) groups is 3. The molecule has 0 N–H and O–H groups in total. The fraction of sp³-hybridized carbons (Fsp3) is 0.880. The zero-order valence-corrected chi connectivity index (χ0v) is 18.7. The summed E-state index contributed by atoms with van der Waals surface area (Å²) < 4.78 is 4.83. The molecule has 0 spiro atoms. The van der Waals surface area contributed by atoms with E-state index in [0.29, 0.717) is 66.3 Å². The Balaban J connectivity index is 1.55. The third-order valence-corrected chi connectivity index (χ3v) is 10.1. The second-order valence-electron chi connectivity index (χ2n) is 11.1. The summed E-state index contributed by atoms with van der Waals surface area (Å²) in [5.74, 6) is 3.55. The van der Waals surface area contributed by atoms with Crippen molar-refractivity contribution in [3.8, 4) is 0 Å². The minimum Gasteiger partial charge on any atom is -0.469 e. The molecule has 4 aliphatic rings. The molecule has 4 aliphatic carbocycles. The predicted octanol–water partition coefficient (Wildman–Crippen LogP) is 4.98. The number of fused-ring (bicyclic) bond motifs is 5. The van der Waals surface area contributed by atoms with Gasteiger partial charge in [0.25, 0.3) is 0 Å². The van der Waals surface area contributed by atoms with E-state index in [9.17, 15) is 14.4 Å². The van der Waals surface area contributed by atoms with Gasteiger partial charge in [0.05, 0.1) is 7.11 Å². The predicted molar refractivity (Wildman–Crippen MR) is 111 cm³/mol. The van der Waals surface area contributed by atoms with Gasteiger partial charge in [-0.1, -0.05) is 20.8 Å². The first kappa shape index (κ1) is 21.1. The number of hydrogen-bond acceptors (Lipinski definition) is 4. The van der Waals surface area contributed by atoms with Gasteiger partial charge in [-0.3, -0.25) is 14.4 Å². The van der Waals surface area contributed by atoms with Crippen LogP contribution in [-0.2, 0) is 19.1 Å². The lowest BCUT2D eigenvalue weighted by atomic mass is 9.44. The lowest BCUT2D eigenvalue weighted by Crippen LogP contribution is -2.57. The van der Waals surface area contributed by atoms with Crippen molar-refractivity contribution in [1.29, 1.82) is 0 Å². The SMILES string of the molecule is COC(=O)CC[C@H](C)[C@H]1CC[C@H]2[C@@H]3CC[C@H]4CC(=O)CC[C@]4(C)[C@H]3CC(=O)[C@]12C. The van der Waals surface area contributed by atoms with Crippen molar-refractivity contribution in [2.24, 2.45) is 46.3 Å². The van der Waals surface area contributed by atoms with Gasteiger partial charge in [0.2, 0.25) is 0 Å². The fourth-order valence-corrected chi connectivity index (χ4v) is 8.34. The average Bonchev–Trinajstić information content (AvgIpc) is 3.06. The van der Waals surface area contributed by atoms with Crippen LogP contribution in [0.5, 0.6) is 0 Å². The maximum absolute atomic E-state index is 13.7. The molecule has 8 atom stereocenters. The molecule has 4 heteroatoms. The second-order valence-corrected chi connectivity index (χ2v) is 11.1. The van der Waals surface area contributed by atoms with Crippen LogP contribution in [0.1, 0.15) is 85.0 Å². The Morgan fingerprint density at radius 3 is 2.59 bits per heavy atom. The minimum absolute atomic E-state index is 0.148. The molecule has 4 saturated carbocycles. The van der Waals surface area contributed by atoms with E-state index in [-0.39, 0.29) is 16.8 Å². The number of methoxy groups -OCH3 is 1. The van der Waals surface area contributed by atoms with Gasteiger partial charge < -0.3 is 4.74 Å². The highest BCUT2D eigenvalue weighted by atomic mass is 16.5. The molecule has 29 heavy (non-hydrogen) atoms. The van der Waals surface area contributed by atoms with Gasteiger partial charge in [-0.2, -0.15) is 0 Å². The van der Waals surface area contributed by atoms with Gasteiger partial charge in [0, 0.05) is 31.1 Å². The third kappa shape index (κ3) is 3.20. The summed E-state index contributed by atoms with van der Waals surface area (Å²) in [4.78, 5) is 37.4. The summed E-state index contributed by atoms with van der Waals surface area (Å²) in [6.45, 7) is 6.87. The smallest absolute Gasteiger partial charge is 0.305 e. The van der Waals surface area contributed by atoms with Gasteiger partial charge in [0.15, 0.2) is 0 Å². The molecule has 4 fully saturated rings. The molecule has 0 amide bonds. The zero-order chi connectivity index (χ0) is 21.0. The number of ketones is 2. The molecule has 4 nitrogen and oxygen atoms in total. The molecule has 0 heterocycles. The molecule has 0 unspecified atom stereocenters. The Morgan fingerprint density at radius 2 is 1.86 bits per heavy atom. The van der Waals surface area contributed by atoms with Gasteiger partial charge in [-0.25, -0.2) is 0 Å². The van der Waals surface area contributed by atoms with Crippen LogP contribution in [0.15, 0.2) is 0 Å². The molecule has 0 radical (unpaired) electrons. The molecule has 4 rings (SSSR count). The quantitative estimate of drug-likeness (QED) is 0.622. The zero-order valence-electron chi connectivity index (χ0n) is 18.7. The Morgan fingerprint density at radius 1 is 1.10 bits per heavy atom. The van der Waals surface area contributed by atoms with Crippen LogP contribution in [0.25, 0.3) is 0 Å². The maximum Gasteiger partial charge on any atom is 0.305 e. The lowest BCUT2D eigenvalue weighted by Gasteiger charge is -2.59. The normalized spacial score (nSPS) is 45.2. The first-order valence-electron chi connectivity index (χ1n) is 11.8. The first-order valence-corrected chi connectivity index (χ1v) is 11.8. The molecular weight excluding hydrogens is 364 g/mol. The van der Waals surface area contributed by atoms with Gasteiger partial charge in [-0.05, 0) is 79.4 Å². The van der Waals surface area contributed by atoms with E-state index in [1.54, 1.807) is 0 Å². The topological polar surface area (TPSA) is 60.4 Å². The van der Waals surface area contributed by atoms with Crippen molar-refractivity contribution in [3.63, 3.8) is 0 Å². The van der Waals surface area contributed by atoms with E-state index >= 15 is 0 Å². The Bertz CT molecular complexity index is 699. The number of ether oxygens (including phenoxy) is 1.